The number of hydrogen-bond acceptors (Lipinski definition) is 5. The van der Waals surface area contributed by atoms with Gasteiger partial charge in [0, 0.05) is 4.70 Å². The van der Waals surface area contributed by atoms with Gasteiger partial charge in [-0.3, -0.25) is 4.79 Å². The molecule has 0 aliphatic heterocycles. The van der Waals surface area contributed by atoms with Gasteiger partial charge in [0.15, 0.2) is 0 Å². The van der Waals surface area contributed by atoms with Crippen LogP contribution in [0.25, 0.3) is 10.1 Å². The lowest BCUT2D eigenvalue weighted by Crippen LogP contribution is -2.48. The van der Waals surface area contributed by atoms with Gasteiger partial charge in [0.2, 0.25) is 15.9 Å². The van der Waals surface area contributed by atoms with Gasteiger partial charge in [-0.2, -0.15) is 4.72 Å². The predicted molar refractivity (Wildman–Crippen MR) is 175 cm³/mol. The summed E-state index contributed by atoms with van der Waals surface area (Å²) in [5.41, 5.74) is 2.68. The lowest BCUT2D eigenvalue weighted by Gasteiger charge is -2.24. The largest absolute Gasteiger partial charge is 0.457 e. The Balaban J connectivity index is 1.29. The summed E-state index contributed by atoms with van der Waals surface area (Å²) in [6, 6.07) is 41.1. The molecule has 1 atom stereocenters. The summed E-state index contributed by atoms with van der Waals surface area (Å²) in [5.74, 6) is 0.723. The maximum absolute atomic E-state index is 14.1. The third kappa shape index (κ3) is 6.89. The van der Waals surface area contributed by atoms with Crippen LogP contribution in [0.15, 0.2) is 150 Å². The van der Waals surface area contributed by atoms with Crippen molar-refractivity contribution in [2.24, 2.45) is 0 Å². The third-order valence-electron chi connectivity index (χ3n) is 7.26. The second-order valence-electron chi connectivity index (χ2n) is 10.3. The number of amides is 1. The molecule has 0 fully saturated rings. The lowest BCUT2D eigenvalue weighted by atomic mass is 9.97. The van der Waals surface area contributed by atoms with Gasteiger partial charge in [-0.05, 0) is 76.3 Å². The van der Waals surface area contributed by atoms with Crippen molar-refractivity contribution in [1.82, 2.24) is 10.0 Å². The van der Waals surface area contributed by atoms with E-state index in [1.807, 2.05) is 121 Å². The second kappa shape index (κ2) is 13.3. The quantitative estimate of drug-likeness (QED) is 0.158. The molecule has 44 heavy (non-hydrogen) atoms. The normalized spacial score (nSPS) is 12.2. The average Bonchev–Trinajstić information content (AvgIpc) is 3.47. The number of carbonyl (C=O) groups is 1. The molecule has 1 aromatic heterocycles. The molecule has 1 amide bonds. The molecule has 6 nitrogen and oxygen atoms in total. The van der Waals surface area contributed by atoms with Crippen LogP contribution in [-0.4, -0.2) is 20.4 Å². The van der Waals surface area contributed by atoms with Crippen LogP contribution in [0.3, 0.4) is 0 Å². The Morgan fingerprint density at radius 3 is 1.86 bits per heavy atom. The minimum atomic E-state index is -4.08. The average molecular weight is 619 g/mol. The molecule has 0 aliphatic rings. The standard InChI is InChI=1S/C36H30N2O4S2/c39-36(37-35(26-12-4-1-5-13-26)27-14-6-2-7-15-27)33(24-28-25-43-34-19-11-10-18-32(28)34)38-44(40,41)31-22-20-30(21-23-31)42-29-16-8-3-9-17-29/h1-23,25,33,35,38H,24H2,(H,37,39). The topological polar surface area (TPSA) is 84.5 Å². The Hall–Kier alpha value is -4.76. The van der Waals surface area contributed by atoms with Crippen molar-refractivity contribution in [1.29, 1.82) is 0 Å². The highest BCUT2D eigenvalue weighted by Gasteiger charge is 2.29. The van der Waals surface area contributed by atoms with Crippen LogP contribution in [0.5, 0.6) is 11.5 Å². The molecule has 1 heterocycles. The van der Waals surface area contributed by atoms with Crippen molar-refractivity contribution in [2.75, 3.05) is 0 Å². The summed E-state index contributed by atoms with van der Waals surface area (Å²) in [6.07, 6.45) is 0.181. The first-order valence-electron chi connectivity index (χ1n) is 14.2. The molecule has 8 heteroatoms. The van der Waals surface area contributed by atoms with Gasteiger partial charge in [-0.25, -0.2) is 8.42 Å². The van der Waals surface area contributed by atoms with Gasteiger partial charge in [-0.15, -0.1) is 11.3 Å². The van der Waals surface area contributed by atoms with Crippen molar-refractivity contribution in [3.63, 3.8) is 0 Å². The molecular weight excluding hydrogens is 589 g/mol. The number of thiophene rings is 1. The van der Waals surface area contributed by atoms with Gasteiger partial charge < -0.3 is 10.1 Å². The fraction of sp³-hybridized carbons (Fsp3) is 0.0833. The molecule has 1 unspecified atom stereocenters. The molecule has 0 aliphatic carbocycles. The van der Waals surface area contributed by atoms with Gasteiger partial charge in [0.05, 0.1) is 10.9 Å². The molecule has 0 saturated heterocycles. The van der Waals surface area contributed by atoms with E-state index in [2.05, 4.69) is 10.0 Å². The molecule has 0 radical (unpaired) electrons. The van der Waals surface area contributed by atoms with Crippen LogP contribution in [-0.2, 0) is 21.2 Å². The predicted octanol–water partition coefficient (Wildman–Crippen LogP) is 7.49. The van der Waals surface area contributed by atoms with E-state index in [1.54, 1.807) is 23.5 Å². The Morgan fingerprint density at radius 1 is 0.682 bits per heavy atom. The first-order chi connectivity index (χ1) is 21.5. The first-order valence-corrected chi connectivity index (χ1v) is 16.5. The Bertz CT molecular complexity index is 1900. The number of rotatable bonds is 11. The number of para-hydroxylation sites is 1. The van der Waals surface area contributed by atoms with Crippen molar-refractivity contribution >= 4 is 37.4 Å². The number of nitrogens with one attached hydrogen (secondary N) is 2. The van der Waals surface area contributed by atoms with E-state index in [1.165, 1.54) is 12.1 Å². The molecule has 220 valence electrons. The highest BCUT2D eigenvalue weighted by molar-refractivity contribution is 7.89. The van der Waals surface area contributed by atoms with Crippen LogP contribution in [0.2, 0.25) is 0 Å². The monoisotopic (exact) mass is 618 g/mol. The zero-order valence-electron chi connectivity index (χ0n) is 23.7. The van der Waals surface area contributed by atoms with Crippen LogP contribution >= 0.6 is 11.3 Å². The number of sulfonamides is 1. The number of fused-ring (bicyclic) bond motifs is 1. The molecule has 6 aromatic rings. The fourth-order valence-corrected chi connectivity index (χ4v) is 7.23. The highest BCUT2D eigenvalue weighted by atomic mass is 32.2. The number of ether oxygens (including phenoxy) is 1. The molecule has 6 rings (SSSR count). The molecular formula is C36H30N2O4S2. The second-order valence-corrected chi connectivity index (χ2v) is 12.9. The van der Waals surface area contributed by atoms with Crippen molar-refractivity contribution in [2.45, 2.75) is 23.4 Å². The van der Waals surface area contributed by atoms with Crippen molar-refractivity contribution < 1.29 is 17.9 Å². The SMILES string of the molecule is O=C(NC(c1ccccc1)c1ccccc1)C(Cc1csc2ccccc12)NS(=O)(=O)c1ccc(Oc2ccccc2)cc1. The third-order valence-corrected chi connectivity index (χ3v) is 9.76. The summed E-state index contributed by atoms with van der Waals surface area (Å²) in [5, 5.41) is 6.12. The molecule has 5 aromatic carbocycles. The minimum Gasteiger partial charge on any atom is -0.457 e. The van der Waals surface area contributed by atoms with Crippen LogP contribution in [0.4, 0.5) is 0 Å². The molecule has 2 N–H and O–H groups in total. The van der Waals surface area contributed by atoms with E-state index < -0.39 is 28.0 Å². The Kier molecular flexibility index (Phi) is 8.84. The summed E-state index contributed by atoms with van der Waals surface area (Å²) in [7, 11) is -4.08. The maximum atomic E-state index is 14.1. The summed E-state index contributed by atoms with van der Waals surface area (Å²) in [4.78, 5) is 14.1. The van der Waals surface area contributed by atoms with E-state index in [9.17, 15) is 13.2 Å². The van der Waals surface area contributed by atoms with Gasteiger partial charge in [0.25, 0.3) is 0 Å². The molecule has 0 spiro atoms. The van der Waals surface area contributed by atoms with E-state index in [0.29, 0.717) is 11.5 Å². The zero-order valence-corrected chi connectivity index (χ0v) is 25.3. The highest BCUT2D eigenvalue weighted by Crippen LogP contribution is 2.28. The molecule has 0 bridgehead atoms. The van der Waals surface area contributed by atoms with Crippen LogP contribution in [0, 0.1) is 0 Å². The molecule has 0 saturated carbocycles. The van der Waals surface area contributed by atoms with Crippen LogP contribution in [0.1, 0.15) is 22.7 Å². The fourth-order valence-electron chi connectivity index (χ4n) is 5.06. The van der Waals surface area contributed by atoms with Gasteiger partial charge in [0.1, 0.15) is 17.5 Å². The minimum absolute atomic E-state index is 0.0357. The van der Waals surface area contributed by atoms with E-state index in [-0.39, 0.29) is 11.3 Å². The van der Waals surface area contributed by atoms with Gasteiger partial charge >= 0.3 is 0 Å². The Morgan fingerprint density at radius 2 is 1.23 bits per heavy atom. The van der Waals surface area contributed by atoms with Crippen LogP contribution < -0.4 is 14.8 Å². The smallest absolute Gasteiger partial charge is 0.241 e. The van der Waals surface area contributed by atoms with E-state index in [4.69, 9.17) is 4.74 Å². The summed E-state index contributed by atoms with van der Waals surface area (Å²) < 4.78 is 37.0. The summed E-state index contributed by atoms with van der Waals surface area (Å²) >= 11 is 1.57. The zero-order chi connectivity index (χ0) is 30.4. The Labute approximate surface area is 261 Å². The van der Waals surface area contributed by atoms with Gasteiger partial charge in [-0.1, -0.05) is 97.1 Å². The van der Waals surface area contributed by atoms with Crippen molar-refractivity contribution in [3.8, 4) is 11.5 Å². The number of benzene rings is 5. The number of hydrogen-bond donors (Lipinski definition) is 2. The van der Waals surface area contributed by atoms with Crippen molar-refractivity contribution in [3.05, 3.63) is 162 Å². The number of carbonyl (C=O) groups excluding carboxylic acids is 1. The lowest BCUT2D eigenvalue weighted by molar-refractivity contribution is -0.123. The summed E-state index contributed by atoms with van der Waals surface area (Å²) in [6.45, 7) is 0. The van der Waals surface area contributed by atoms with E-state index in [0.717, 1.165) is 26.8 Å². The van der Waals surface area contributed by atoms with E-state index >= 15 is 0 Å². The maximum Gasteiger partial charge on any atom is 0.241 e. The first kappa shape index (κ1) is 29.3.